The molecule has 0 aromatic carbocycles. The standard InChI is InChI=1S/C14H23N3O2/c1-10(2)13(14(18)19-3)17-9-16-8-12(17)11-4-6-15-7-5-11/h8-11,13,15H,4-7H2,1-3H3. The molecule has 106 valence electrons. The van der Waals surface area contributed by atoms with E-state index in [2.05, 4.69) is 10.3 Å². The van der Waals surface area contributed by atoms with Crippen LogP contribution in [0.25, 0.3) is 0 Å². The van der Waals surface area contributed by atoms with Crippen molar-refractivity contribution in [2.24, 2.45) is 5.92 Å². The Balaban J connectivity index is 2.27. The number of hydrogen-bond donors (Lipinski definition) is 1. The minimum Gasteiger partial charge on any atom is -0.467 e. The summed E-state index contributed by atoms with van der Waals surface area (Å²) in [5.74, 6) is 0.472. The minimum absolute atomic E-state index is 0.183. The predicted molar refractivity (Wildman–Crippen MR) is 73.0 cm³/mol. The van der Waals surface area contributed by atoms with Gasteiger partial charge in [0.2, 0.25) is 0 Å². The summed E-state index contributed by atoms with van der Waals surface area (Å²) in [6.45, 7) is 6.13. The average molecular weight is 265 g/mol. The molecule has 1 N–H and O–H groups in total. The molecule has 0 bridgehead atoms. The fourth-order valence-corrected chi connectivity index (χ4v) is 2.81. The second kappa shape index (κ2) is 6.19. The summed E-state index contributed by atoms with van der Waals surface area (Å²) in [6, 6.07) is -0.280. The quantitative estimate of drug-likeness (QED) is 0.842. The van der Waals surface area contributed by atoms with E-state index in [1.807, 2.05) is 24.6 Å². The number of imidazole rings is 1. The smallest absolute Gasteiger partial charge is 0.329 e. The van der Waals surface area contributed by atoms with Crippen LogP contribution in [0.15, 0.2) is 12.5 Å². The van der Waals surface area contributed by atoms with Gasteiger partial charge in [-0.05, 0) is 31.8 Å². The van der Waals surface area contributed by atoms with Crippen LogP contribution >= 0.6 is 0 Å². The van der Waals surface area contributed by atoms with Crippen LogP contribution in [0.1, 0.15) is 44.3 Å². The number of rotatable bonds is 4. The number of nitrogens with zero attached hydrogens (tertiary/aromatic N) is 2. The van der Waals surface area contributed by atoms with Gasteiger partial charge in [0.05, 0.1) is 13.4 Å². The van der Waals surface area contributed by atoms with E-state index in [-0.39, 0.29) is 17.9 Å². The molecule has 2 rings (SSSR count). The number of aromatic nitrogens is 2. The number of piperidine rings is 1. The minimum atomic E-state index is -0.280. The third-order valence-corrected chi connectivity index (χ3v) is 3.83. The second-order valence-electron chi connectivity index (χ2n) is 5.46. The van der Waals surface area contributed by atoms with Crippen LogP contribution in [0.4, 0.5) is 0 Å². The van der Waals surface area contributed by atoms with Crippen LogP contribution in [0.2, 0.25) is 0 Å². The van der Waals surface area contributed by atoms with Gasteiger partial charge in [-0.15, -0.1) is 0 Å². The molecule has 0 aliphatic carbocycles. The first-order chi connectivity index (χ1) is 9.15. The first-order valence-electron chi connectivity index (χ1n) is 6.95. The number of methoxy groups -OCH3 is 1. The van der Waals surface area contributed by atoms with Gasteiger partial charge in [-0.2, -0.15) is 0 Å². The summed E-state index contributed by atoms with van der Waals surface area (Å²) in [7, 11) is 1.44. The van der Waals surface area contributed by atoms with E-state index in [1.54, 1.807) is 6.33 Å². The van der Waals surface area contributed by atoms with Crippen LogP contribution in [-0.4, -0.2) is 35.7 Å². The lowest BCUT2D eigenvalue weighted by atomic mass is 9.93. The van der Waals surface area contributed by atoms with Gasteiger partial charge < -0.3 is 14.6 Å². The van der Waals surface area contributed by atoms with Crippen LogP contribution in [0.5, 0.6) is 0 Å². The maximum absolute atomic E-state index is 12.0. The van der Waals surface area contributed by atoms with Gasteiger partial charge >= 0.3 is 5.97 Å². The Morgan fingerprint density at radius 2 is 2.16 bits per heavy atom. The first-order valence-corrected chi connectivity index (χ1v) is 6.95. The van der Waals surface area contributed by atoms with Gasteiger partial charge in [0, 0.05) is 17.8 Å². The Labute approximate surface area is 114 Å². The first kappa shape index (κ1) is 14.1. The monoisotopic (exact) mass is 265 g/mol. The number of ether oxygens (including phenoxy) is 1. The van der Waals surface area contributed by atoms with E-state index in [0.29, 0.717) is 5.92 Å². The predicted octanol–water partition coefficient (Wildman–Crippen LogP) is 1.72. The van der Waals surface area contributed by atoms with Gasteiger partial charge in [-0.25, -0.2) is 9.78 Å². The summed E-state index contributed by atoms with van der Waals surface area (Å²) in [5, 5.41) is 3.36. The largest absolute Gasteiger partial charge is 0.467 e. The molecule has 1 atom stereocenters. The summed E-state index contributed by atoms with van der Waals surface area (Å²) < 4.78 is 6.95. The molecule has 1 fully saturated rings. The molecule has 1 aliphatic heterocycles. The van der Waals surface area contributed by atoms with Gasteiger partial charge in [-0.3, -0.25) is 0 Å². The zero-order chi connectivity index (χ0) is 13.8. The number of esters is 1. The molecule has 5 nitrogen and oxygen atoms in total. The molecule has 0 saturated carbocycles. The Bertz CT molecular complexity index is 422. The van der Waals surface area contributed by atoms with Gasteiger partial charge in [0.25, 0.3) is 0 Å². The van der Waals surface area contributed by atoms with Crippen molar-refractivity contribution in [1.82, 2.24) is 14.9 Å². The number of carbonyl (C=O) groups is 1. The third kappa shape index (κ3) is 2.97. The van der Waals surface area contributed by atoms with E-state index < -0.39 is 0 Å². The maximum Gasteiger partial charge on any atom is 0.329 e. The zero-order valence-corrected chi connectivity index (χ0v) is 11.9. The summed E-state index contributed by atoms with van der Waals surface area (Å²) in [5.41, 5.74) is 1.16. The van der Waals surface area contributed by atoms with Gasteiger partial charge in [0.15, 0.2) is 0 Å². The molecular weight excluding hydrogens is 242 g/mol. The highest BCUT2D eigenvalue weighted by atomic mass is 16.5. The highest BCUT2D eigenvalue weighted by Crippen LogP contribution is 2.29. The fraction of sp³-hybridized carbons (Fsp3) is 0.714. The van der Waals surface area contributed by atoms with Gasteiger partial charge in [0.1, 0.15) is 6.04 Å². The highest BCUT2D eigenvalue weighted by molar-refractivity contribution is 5.74. The maximum atomic E-state index is 12.0. The molecule has 0 radical (unpaired) electrons. The molecule has 2 heterocycles. The normalized spacial score (nSPS) is 18.5. The summed E-state index contributed by atoms with van der Waals surface area (Å²) >= 11 is 0. The average Bonchev–Trinajstić information content (AvgIpc) is 2.88. The zero-order valence-electron chi connectivity index (χ0n) is 11.9. The van der Waals surface area contributed by atoms with E-state index >= 15 is 0 Å². The van der Waals surface area contributed by atoms with E-state index in [1.165, 1.54) is 7.11 Å². The van der Waals surface area contributed by atoms with E-state index in [0.717, 1.165) is 31.6 Å². The lowest BCUT2D eigenvalue weighted by Gasteiger charge is -2.27. The Kier molecular flexibility index (Phi) is 4.58. The van der Waals surface area contributed by atoms with Crippen LogP contribution in [0.3, 0.4) is 0 Å². The molecule has 19 heavy (non-hydrogen) atoms. The third-order valence-electron chi connectivity index (χ3n) is 3.83. The van der Waals surface area contributed by atoms with Crippen molar-refractivity contribution in [2.75, 3.05) is 20.2 Å². The Morgan fingerprint density at radius 3 is 2.74 bits per heavy atom. The number of carbonyl (C=O) groups excluding carboxylic acids is 1. The van der Waals surface area contributed by atoms with Crippen LogP contribution < -0.4 is 5.32 Å². The molecule has 0 amide bonds. The summed E-state index contributed by atoms with van der Waals surface area (Å²) in [4.78, 5) is 16.3. The van der Waals surface area contributed by atoms with E-state index in [4.69, 9.17) is 4.74 Å². The van der Waals surface area contributed by atoms with Crippen molar-refractivity contribution in [3.63, 3.8) is 0 Å². The molecule has 1 unspecified atom stereocenters. The molecule has 1 aromatic heterocycles. The molecule has 5 heteroatoms. The highest BCUT2D eigenvalue weighted by Gasteiger charge is 2.29. The van der Waals surface area contributed by atoms with Crippen molar-refractivity contribution >= 4 is 5.97 Å². The van der Waals surface area contributed by atoms with Crippen LogP contribution in [0, 0.1) is 5.92 Å². The Hall–Kier alpha value is -1.36. The Morgan fingerprint density at radius 1 is 1.47 bits per heavy atom. The molecule has 1 aromatic rings. The van der Waals surface area contributed by atoms with Crippen molar-refractivity contribution in [1.29, 1.82) is 0 Å². The molecule has 0 spiro atoms. The molecule has 1 aliphatic rings. The lowest BCUT2D eigenvalue weighted by Crippen LogP contribution is -2.31. The van der Waals surface area contributed by atoms with Crippen molar-refractivity contribution in [2.45, 2.75) is 38.6 Å². The SMILES string of the molecule is COC(=O)C(C(C)C)n1cncc1C1CCNCC1. The van der Waals surface area contributed by atoms with Crippen LogP contribution in [-0.2, 0) is 9.53 Å². The molecule has 1 saturated heterocycles. The second-order valence-corrected chi connectivity index (χ2v) is 5.46. The van der Waals surface area contributed by atoms with E-state index in [9.17, 15) is 4.79 Å². The number of nitrogens with one attached hydrogen (secondary N) is 1. The topological polar surface area (TPSA) is 56.2 Å². The van der Waals surface area contributed by atoms with Crippen molar-refractivity contribution in [3.8, 4) is 0 Å². The fourth-order valence-electron chi connectivity index (χ4n) is 2.81. The van der Waals surface area contributed by atoms with Gasteiger partial charge in [-0.1, -0.05) is 13.8 Å². The van der Waals surface area contributed by atoms with Crippen molar-refractivity contribution in [3.05, 3.63) is 18.2 Å². The number of hydrogen-bond acceptors (Lipinski definition) is 4. The lowest BCUT2D eigenvalue weighted by molar-refractivity contribution is -0.146. The molecular formula is C14H23N3O2. The van der Waals surface area contributed by atoms with Crippen molar-refractivity contribution < 1.29 is 9.53 Å². The summed E-state index contributed by atoms with van der Waals surface area (Å²) in [6.07, 6.45) is 5.85.